The number of fused-ring (bicyclic) bond motifs is 16. The van der Waals surface area contributed by atoms with Gasteiger partial charge in [-0.3, -0.25) is 0 Å². The van der Waals surface area contributed by atoms with Gasteiger partial charge in [0.15, 0.2) is 0 Å². The van der Waals surface area contributed by atoms with Gasteiger partial charge in [-0.1, -0.05) is 90.9 Å². The van der Waals surface area contributed by atoms with Crippen LogP contribution >= 0.6 is 11.3 Å². The molecule has 4 heterocycles. The molecule has 240 valence electrons. The third kappa shape index (κ3) is 3.39. The second-order valence-electron chi connectivity index (χ2n) is 17.1. The molecule has 0 bridgehead atoms. The van der Waals surface area contributed by atoms with Crippen LogP contribution < -0.4 is 4.57 Å². The van der Waals surface area contributed by atoms with Crippen LogP contribution in [-0.4, -0.2) is 33.1 Å². The van der Waals surface area contributed by atoms with Crippen LogP contribution in [0.3, 0.4) is 0 Å². The second kappa shape index (κ2) is 9.14. The largest absolute Gasteiger partial charge is 0.321 e. The van der Waals surface area contributed by atoms with E-state index in [1.807, 2.05) is 11.3 Å². The Balaban J connectivity index is 1.46. The van der Waals surface area contributed by atoms with E-state index in [1.54, 1.807) is 5.56 Å². The Hall–Kier alpha value is -3.50. The highest BCUT2D eigenvalue weighted by Gasteiger charge is 2.92. The number of aromatic nitrogens is 1. The van der Waals surface area contributed by atoms with Crippen molar-refractivity contribution in [3.8, 4) is 21.7 Å². The summed E-state index contributed by atoms with van der Waals surface area (Å²) in [6.07, 6.45) is 0. The first-order valence-corrected chi connectivity index (χ1v) is 18.7. The Morgan fingerprint density at radius 3 is 2.17 bits per heavy atom. The van der Waals surface area contributed by atoms with Crippen molar-refractivity contribution in [2.75, 3.05) is 0 Å². The molecule has 1 fully saturated rings. The van der Waals surface area contributed by atoms with Gasteiger partial charge in [0.05, 0.1) is 29.0 Å². The highest BCUT2D eigenvalue weighted by atomic mass is 32.1. The molecule has 2 aromatic heterocycles. The molecule has 4 aliphatic rings. The topological polar surface area (TPSA) is 10.1 Å². The lowest BCUT2D eigenvalue weighted by Gasteiger charge is -2.44. The average Bonchev–Trinajstić information content (AvgIpc) is 3.47. The normalized spacial score (nSPS) is 23.5. The number of amidine groups is 1. The van der Waals surface area contributed by atoms with Crippen molar-refractivity contribution < 1.29 is 9.14 Å². The molecule has 3 aromatic carbocycles. The fourth-order valence-corrected chi connectivity index (χ4v) is 11.9. The summed E-state index contributed by atoms with van der Waals surface area (Å²) in [5, 5.41) is 2.82. The highest BCUT2D eigenvalue weighted by molar-refractivity contribution is 7.22. The number of thiophene rings is 1. The van der Waals surface area contributed by atoms with Crippen molar-refractivity contribution in [2.45, 2.75) is 117 Å². The van der Waals surface area contributed by atoms with Crippen LogP contribution in [-0.2, 0) is 10.8 Å². The maximum absolute atomic E-state index is 2.84. The number of benzene rings is 3. The summed E-state index contributed by atoms with van der Waals surface area (Å²) in [5.74, 6) is 2.37. The van der Waals surface area contributed by atoms with E-state index in [1.165, 1.54) is 65.2 Å². The second-order valence-corrected chi connectivity index (χ2v) is 18.2. The molecule has 2 aliphatic carbocycles. The van der Waals surface area contributed by atoms with Crippen LogP contribution in [0.4, 0.5) is 0 Å². The first-order chi connectivity index (χ1) is 22.2. The van der Waals surface area contributed by atoms with Crippen LogP contribution in [0.25, 0.3) is 42.7 Å². The average molecular weight is 640 g/mol. The summed E-state index contributed by atoms with van der Waals surface area (Å²) in [7, 11) is 0. The SMILES string of the molecule is CC(C)C1=[N+](C(C)C)C2(C3c4ccc5c(c4-c4cc(C(C)(C)C)c6ccccc6[n+]4C32)-c2sc3ccccc3c2C5(C)C)N1C(C)C. The quantitative estimate of drug-likeness (QED) is 0.179. The van der Waals surface area contributed by atoms with E-state index in [4.69, 9.17) is 0 Å². The molecule has 0 amide bonds. The summed E-state index contributed by atoms with van der Waals surface area (Å²) in [6.45, 7) is 26.5. The fraction of sp³-hybridized carbons (Fsp3) is 0.442. The molecule has 1 saturated carbocycles. The van der Waals surface area contributed by atoms with E-state index >= 15 is 0 Å². The van der Waals surface area contributed by atoms with Crippen LogP contribution in [0.1, 0.15) is 110 Å². The monoisotopic (exact) mass is 639 g/mol. The zero-order valence-corrected chi connectivity index (χ0v) is 30.8. The lowest BCUT2D eigenvalue weighted by molar-refractivity contribution is -0.742. The van der Waals surface area contributed by atoms with Gasteiger partial charge in [-0.2, -0.15) is 4.57 Å². The Kier molecular flexibility index (Phi) is 5.76. The van der Waals surface area contributed by atoms with Crippen LogP contribution in [0.15, 0.2) is 66.7 Å². The molecule has 0 radical (unpaired) electrons. The molecule has 3 nitrogen and oxygen atoms in total. The third-order valence-corrected chi connectivity index (χ3v) is 13.1. The Labute approximate surface area is 284 Å². The van der Waals surface area contributed by atoms with E-state index in [2.05, 4.69) is 157 Å². The van der Waals surface area contributed by atoms with Gasteiger partial charge < -0.3 is 0 Å². The van der Waals surface area contributed by atoms with E-state index in [-0.39, 0.29) is 16.5 Å². The molecule has 0 N–H and O–H groups in total. The first-order valence-electron chi connectivity index (χ1n) is 17.9. The molecule has 9 rings (SSSR count). The molecule has 3 unspecified atom stereocenters. The summed E-state index contributed by atoms with van der Waals surface area (Å²) < 4.78 is 7.06. The lowest BCUT2D eigenvalue weighted by atomic mass is 9.79. The van der Waals surface area contributed by atoms with Gasteiger partial charge in [0.25, 0.3) is 11.9 Å². The summed E-state index contributed by atoms with van der Waals surface area (Å²) in [6, 6.07) is 27.2. The smallest absolute Gasteiger partial charge is 0.214 e. The molecule has 0 saturated heterocycles. The van der Waals surface area contributed by atoms with Crippen molar-refractivity contribution in [3.05, 3.63) is 89.0 Å². The number of para-hydroxylation sites is 1. The van der Waals surface area contributed by atoms with E-state index in [0.717, 1.165) is 0 Å². The molecule has 47 heavy (non-hydrogen) atoms. The summed E-state index contributed by atoms with van der Waals surface area (Å²) in [5.41, 5.74) is 11.6. The Morgan fingerprint density at radius 2 is 1.51 bits per heavy atom. The van der Waals surface area contributed by atoms with Crippen LogP contribution in [0, 0.1) is 5.92 Å². The third-order valence-electron chi connectivity index (χ3n) is 11.9. The van der Waals surface area contributed by atoms with Gasteiger partial charge in [-0.05, 0) is 72.9 Å². The van der Waals surface area contributed by atoms with Gasteiger partial charge in [-0.25, -0.2) is 9.48 Å². The molecular weight excluding hydrogens is 591 g/mol. The van der Waals surface area contributed by atoms with Crippen molar-refractivity contribution in [2.24, 2.45) is 5.92 Å². The number of hydrogen-bond acceptors (Lipinski definition) is 2. The van der Waals surface area contributed by atoms with E-state index < -0.39 is 0 Å². The Bertz CT molecular complexity index is 2220. The minimum absolute atomic E-state index is 0.0104. The molecule has 2 aliphatic heterocycles. The summed E-state index contributed by atoms with van der Waals surface area (Å²) >= 11 is 2.01. The van der Waals surface area contributed by atoms with Gasteiger partial charge in [-0.15, -0.1) is 11.3 Å². The van der Waals surface area contributed by atoms with Crippen molar-refractivity contribution in [3.63, 3.8) is 0 Å². The molecule has 5 aromatic rings. The summed E-state index contributed by atoms with van der Waals surface area (Å²) in [4.78, 5) is 4.32. The predicted octanol–water partition coefficient (Wildman–Crippen LogP) is 10.2. The van der Waals surface area contributed by atoms with Gasteiger partial charge in [0, 0.05) is 32.7 Å². The maximum Gasteiger partial charge on any atom is 0.321 e. The zero-order valence-electron chi connectivity index (χ0n) is 30.0. The van der Waals surface area contributed by atoms with E-state index in [9.17, 15) is 0 Å². The minimum Gasteiger partial charge on any atom is -0.214 e. The maximum atomic E-state index is 2.84. The lowest BCUT2D eigenvalue weighted by Crippen LogP contribution is -2.71. The van der Waals surface area contributed by atoms with Gasteiger partial charge in [0.2, 0.25) is 11.2 Å². The van der Waals surface area contributed by atoms with Crippen LogP contribution in [0.2, 0.25) is 0 Å². The minimum atomic E-state index is -0.0794. The Morgan fingerprint density at radius 1 is 0.830 bits per heavy atom. The standard InChI is InChI=1S/C43H49N3S/c1-23(2)40-45(24(3)4)43(46(40)25(5)6)37-28-20-21-29-35(38-36(42(29,10)11)27-17-13-15-19-33(27)47-38)34(28)32-22-30(41(7,8)9)26-16-12-14-18-31(26)44(32)39(37)43/h12-25,37,39H,1-11H3/q+2. The number of hydrogen-bond donors (Lipinski definition) is 0. The number of nitrogens with zero attached hydrogens (tertiary/aromatic N) is 3. The first kappa shape index (κ1) is 29.6. The van der Waals surface area contributed by atoms with Crippen LogP contribution in [0.5, 0.6) is 0 Å². The molecule has 4 heteroatoms. The van der Waals surface area contributed by atoms with Gasteiger partial charge in [0.1, 0.15) is 5.92 Å². The van der Waals surface area contributed by atoms with Gasteiger partial charge >= 0.3 is 5.66 Å². The highest BCUT2D eigenvalue weighted by Crippen LogP contribution is 2.72. The number of rotatable bonds is 3. The van der Waals surface area contributed by atoms with Crippen molar-refractivity contribution in [1.29, 1.82) is 0 Å². The van der Waals surface area contributed by atoms with Crippen molar-refractivity contribution in [1.82, 2.24) is 4.90 Å². The van der Waals surface area contributed by atoms with E-state index in [0.29, 0.717) is 30.0 Å². The molecule has 1 spiro atoms. The van der Waals surface area contributed by atoms with Crippen molar-refractivity contribution >= 4 is 38.2 Å². The molecule has 3 atom stereocenters. The zero-order chi connectivity index (χ0) is 33.1. The molecular formula is C43H49N3S+2. The fourth-order valence-electron chi connectivity index (χ4n) is 10.5. The number of pyridine rings is 1. The predicted molar refractivity (Wildman–Crippen MR) is 198 cm³/mol.